The lowest BCUT2D eigenvalue weighted by Crippen LogP contribution is -2.53. The molecule has 0 aliphatic carbocycles. The lowest BCUT2D eigenvalue weighted by molar-refractivity contribution is -0.128. The number of hydrogen-bond donors (Lipinski definition) is 3. The monoisotopic (exact) mass is 449 g/mol. The van der Waals surface area contributed by atoms with E-state index in [9.17, 15) is 9.59 Å². The SMILES string of the molecule is COc1ccc(NC(=O)[C@H](CCSC)NC(=O)[C@@H]2Cc3ccccc3CN2)cc1.Cl. The van der Waals surface area contributed by atoms with E-state index in [-0.39, 0.29) is 30.3 Å². The molecule has 30 heavy (non-hydrogen) atoms. The van der Waals surface area contributed by atoms with Gasteiger partial charge in [0.1, 0.15) is 11.8 Å². The van der Waals surface area contributed by atoms with Crippen molar-refractivity contribution in [2.24, 2.45) is 0 Å². The third kappa shape index (κ3) is 6.39. The Labute approximate surface area is 187 Å². The Balaban J connectivity index is 0.00000320. The summed E-state index contributed by atoms with van der Waals surface area (Å²) >= 11 is 1.65. The van der Waals surface area contributed by atoms with Gasteiger partial charge in [0, 0.05) is 12.2 Å². The van der Waals surface area contributed by atoms with Crippen LogP contribution in [-0.2, 0) is 22.6 Å². The number of benzene rings is 2. The Kier molecular flexibility index (Phi) is 9.49. The quantitative estimate of drug-likeness (QED) is 0.577. The molecule has 1 aliphatic rings. The predicted molar refractivity (Wildman–Crippen MR) is 125 cm³/mol. The zero-order chi connectivity index (χ0) is 20.6. The first-order chi connectivity index (χ1) is 14.1. The van der Waals surface area contributed by atoms with Crippen LogP contribution in [0.1, 0.15) is 17.5 Å². The molecule has 0 unspecified atom stereocenters. The van der Waals surface area contributed by atoms with E-state index in [1.807, 2.05) is 18.4 Å². The van der Waals surface area contributed by atoms with Crippen LogP contribution in [0.4, 0.5) is 5.69 Å². The number of anilines is 1. The minimum absolute atomic E-state index is 0. The number of ether oxygens (including phenoxy) is 1. The molecule has 0 aromatic heterocycles. The van der Waals surface area contributed by atoms with Crippen molar-refractivity contribution in [3.05, 3.63) is 59.7 Å². The fourth-order valence-electron chi connectivity index (χ4n) is 3.32. The smallest absolute Gasteiger partial charge is 0.246 e. The van der Waals surface area contributed by atoms with Gasteiger partial charge < -0.3 is 20.7 Å². The first-order valence-corrected chi connectivity index (χ1v) is 11.0. The van der Waals surface area contributed by atoms with Gasteiger partial charge in [0.05, 0.1) is 13.2 Å². The third-order valence-corrected chi connectivity index (χ3v) is 5.64. The zero-order valence-corrected chi connectivity index (χ0v) is 18.8. The van der Waals surface area contributed by atoms with Crippen LogP contribution in [-0.4, -0.2) is 43.0 Å². The maximum atomic E-state index is 12.8. The van der Waals surface area contributed by atoms with Crippen molar-refractivity contribution < 1.29 is 14.3 Å². The molecular formula is C22H28ClN3O3S. The summed E-state index contributed by atoms with van der Waals surface area (Å²) in [6, 6.07) is 14.3. The number of amides is 2. The summed E-state index contributed by atoms with van der Waals surface area (Å²) in [4.78, 5) is 25.6. The summed E-state index contributed by atoms with van der Waals surface area (Å²) < 4.78 is 5.14. The maximum absolute atomic E-state index is 12.8. The Morgan fingerprint density at radius 3 is 2.53 bits per heavy atom. The highest BCUT2D eigenvalue weighted by molar-refractivity contribution is 7.98. The summed E-state index contributed by atoms with van der Waals surface area (Å²) in [5.74, 6) is 1.14. The molecule has 6 nitrogen and oxygen atoms in total. The van der Waals surface area contributed by atoms with Gasteiger partial charge >= 0.3 is 0 Å². The van der Waals surface area contributed by atoms with Crippen LogP contribution in [0, 0.1) is 0 Å². The molecular weight excluding hydrogens is 422 g/mol. The molecule has 0 saturated carbocycles. The van der Waals surface area contributed by atoms with Gasteiger partial charge in [-0.25, -0.2) is 0 Å². The van der Waals surface area contributed by atoms with Crippen molar-refractivity contribution in [2.75, 3.05) is 24.4 Å². The van der Waals surface area contributed by atoms with Crippen molar-refractivity contribution in [3.63, 3.8) is 0 Å². The van der Waals surface area contributed by atoms with Crippen LogP contribution < -0.4 is 20.7 Å². The van der Waals surface area contributed by atoms with Crippen molar-refractivity contribution in [1.82, 2.24) is 10.6 Å². The number of rotatable bonds is 8. The molecule has 0 fully saturated rings. The molecule has 0 bridgehead atoms. The molecule has 2 aromatic carbocycles. The standard InChI is InChI=1S/C22H27N3O3S.ClH/c1-28-18-9-7-17(8-10-18)24-21(26)19(11-12-29-2)25-22(27)20-13-15-5-3-4-6-16(15)14-23-20;/h3-10,19-20,23H,11-14H2,1-2H3,(H,24,26)(H,25,27);1H/t19-,20-;/m0./s1. The largest absolute Gasteiger partial charge is 0.497 e. The van der Waals surface area contributed by atoms with Gasteiger partial charge in [-0.2, -0.15) is 11.8 Å². The number of thioether (sulfide) groups is 1. The van der Waals surface area contributed by atoms with Crippen LogP contribution in [0.15, 0.2) is 48.5 Å². The molecule has 1 heterocycles. The van der Waals surface area contributed by atoms with E-state index >= 15 is 0 Å². The molecule has 162 valence electrons. The predicted octanol–water partition coefficient (Wildman–Crippen LogP) is 3.01. The second-order valence-corrected chi connectivity index (χ2v) is 7.95. The maximum Gasteiger partial charge on any atom is 0.246 e. The Morgan fingerprint density at radius 2 is 1.87 bits per heavy atom. The van der Waals surface area contributed by atoms with Gasteiger partial charge in [0.15, 0.2) is 0 Å². The van der Waals surface area contributed by atoms with Gasteiger partial charge in [0.2, 0.25) is 11.8 Å². The van der Waals surface area contributed by atoms with E-state index in [1.165, 1.54) is 11.1 Å². The van der Waals surface area contributed by atoms with Crippen molar-refractivity contribution >= 4 is 41.7 Å². The number of carbonyl (C=O) groups excluding carboxylic acids is 2. The lowest BCUT2D eigenvalue weighted by Gasteiger charge is -2.27. The van der Waals surface area contributed by atoms with Gasteiger partial charge in [-0.1, -0.05) is 24.3 Å². The van der Waals surface area contributed by atoms with Crippen molar-refractivity contribution in [2.45, 2.75) is 31.5 Å². The van der Waals surface area contributed by atoms with Crippen molar-refractivity contribution in [1.29, 1.82) is 0 Å². The zero-order valence-electron chi connectivity index (χ0n) is 17.1. The molecule has 8 heteroatoms. The van der Waals surface area contributed by atoms with Crippen LogP contribution >= 0.6 is 24.2 Å². The third-order valence-electron chi connectivity index (χ3n) is 5.00. The van der Waals surface area contributed by atoms with E-state index in [0.29, 0.717) is 25.1 Å². The number of fused-ring (bicyclic) bond motifs is 1. The summed E-state index contributed by atoms with van der Waals surface area (Å²) in [6.07, 6.45) is 3.18. The van der Waals surface area contributed by atoms with E-state index in [1.54, 1.807) is 43.1 Å². The molecule has 2 aromatic rings. The van der Waals surface area contributed by atoms with Gasteiger partial charge in [-0.15, -0.1) is 12.4 Å². The molecule has 0 spiro atoms. The fraction of sp³-hybridized carbons (Fsp3) is 0.364. The van der Waals surface area contributed by atoms with E-state index in [2.05, 4.69) is 28.1 Å². The van der Waals surface area contributed by atoms with Gasteiger partial charge in [-0.05, 0) is 60.2 Å². The van der Waals surface area contributed by atoms with Gasteiger partial charge in [0.25, 0.3) is 0 Å². The molecule has 3 rings (SSSR count). The Hall–Kier alpha value is -2.22. The second-order valence-electron chi connectivity index (χ2n) is 6.97. The van der Waals surface area contributed by atoms with Crippen LogP contribution in [0.3, 0.4) is 0 Å². The average molecular weight is 450 g/mol. The normalized spacial score (nSPS) is 15.9. The number of hydrogen-bond acceptors (Lipinski definition) is 5. The highest BCUT2D eigenvalue weighted by Gasteiger charge is 2.28. The number of halogens is 1. The lowest BCUT2D eigenvalue weighted by atomic mass is 9.95. The van der Waals surface area contributed by atoms with E-state index in [4.69, 9.17) is 4.74 Å². The Morgan fingerprint density at radius 1 is 1.17 bits per heavy atom. The first kappa shape index (κ1) is 24.1. The highest BCUT2D eigenvalue weighted by atomic mass is 35.5. The molecule has 2 amide bonds. The molecule has 2 atom stereocenters. The summed E-state index contributed by atoms with van der Waals surface area (Å²) in [5.41, 5.74) is 3.06. The van der Waals surface area contributed by atoms with Crippen LogP contribution in [0.25, 0.3) is 0 Å². The second kappa shape index (κ2) is 11.8. The molecule has 0 radical (unpaired) electrons. The van der Waals surface area contributed by atoms with Crippen molar-refractivity contribution in [3.8, 4) is 5.75 Å². The minimum Gasteiger partial charge on any atom is -0.497 e. The fourth-order valence-corrected chi connectivity index (χ4v) is 3.79. The first-order valence-electron chi connectivity index (χ1n) is 9.65. The molecule has 3 N–H and O–H groups in total. The summed E-state index contributed by atoms with van der Waals surface area (Å²) in [6.45, 7) is 0.655. The van der Waals surface area contributed by atoms with Crippen LogP contribution in [0.2, 0.25) is 0 Å². The topological polar surface area (TPSA) is 79.5 Å². The number of carbonyl (C=O) groups is 2. The van der Waals surface area contributed by atoms with Gasteiger partial charge in [-0.3, -0.25) is 9.59 Å². The number of methoxy groups -OCH3 is 1. The Bertz CT molecular complexity index is 848. The molecule has 1 aliphatic heterocycles. The minimum atomic E-state index is -0.587. The average Bonchev–Trinajstić information content (AvgIpc) is 2.76. The summed E-state index contributed by atoms with van der Waals surface area (Å²) in [7, 11) is 1.60. The van der Waals surface area contributed by atoms with E-state index < -0.39 is 6.04 Å². The summed E-state index contributed by atoms with van der Waals surface area (Å²) in [5, 5.41) is 9.11. The van der Waals surface area contributed by atoms with E-state index in [0.717, 1.165) is 11.5 Å². The van der Waals surface area contributed by atoms with Crippen LogP contribution in [0.5, 0.6) is 5.75 Å². The highest BCUT2D eigenvalue weighted by Crippen LogP contribution is 2.18. The molecule has 0 saturated heterocycles. The number of nitrogens with one attached hydrogen (secondary N) is 3.